The maximum absolute atomic E-state index is 13.0. The van der Waals surface area contributed by atoms with E-state index in [4.69, 9.17) is 9.16 Å². The maximum atomic E-state index is 13.0. The molecule has 27 heavy (non-hydrogen) atoms. The molecule has 0 radical (unpaired) electrons. The van der Waals surface area contributed by atoms with E-state index in [1.54, 1.807) is 24.3 Å². The smallest absolute Gasteiger partial charge is 0.306 e. The van der Waals surface area contributed by atoms with Gasteiger partial charge in [-0.25, -0.2) is 8.42 Å². The van der Waals surface area contributed by atoms with E-state index in [1.165, 1.54) is 0 Å². The van der Waals surface area contributed by atoms with Crippen molar-refractivity contribution in [3.63, 3.8) is 0 Å². The Hall–Kier alpha value is -1.18. The van der Waals surface area contributed by atoms with Crippen LogP contribution < -0.4 is 0 Å². The lowest BCUT2D eigenvalue weighted by Gasteiger charge is -2.35. The van der Waals surface area contributed by atoms with Gasteiger partial charge in [-0.2, -0.15) is 0 Å². The number of hydrogen-bond acceptors (Lipinski definition) is 5. The second-order valence-corrected chi connectivity index (χ2v) is 14.5. The molecule has 1 heterocycles. The molecule has 1 aliphatic heterocycles. The molecule has 7 heteroatoms. The molecule has 0 amide bonds. The molecule has 1 saturated carbocycles. The van der Waals surface area contributed by atoms with E-state index in [0.717, 1.165) is 18.1 Å². The maximum Gasteiger partial charge on any atom is 0.306 e. The van der Waals surface area contributed by atoms with Crippen molar-refractivity contribution in [2.45, 2.75) is 68.8 Å². The van der Waals surface area contributed by atoms with Gasteiger partial charge in [-0.1, -0.05) is 39.0 Å². The summed E-state index contributed by atoms with van der Waals surface area (Å²) in [7, 11) is -5.32. The fraction of sp³-hybridized carbons (Fsp3) is 0.650. The minimum absolute atomic E-state index is 0.0150. The Morgan fingerprint density at radius 1 is 1.11 bits per heavy atom. The first-order valence-electron chi connectivity index (χ1n) is 9.99. The Balaban J connectivity index is 1.86. The summed E-state index contributed by atoms with van der Waals surface area (Å²) in [5.41, 5.74) is 0. The van der Waals surface area contributed by atoms with Crippen molar-refractivity contribution in [1.82, 2.24) is 0 Å². The van der Waals surface area contributed by atoms with Crippen molar-refractivity contribution < 1.29 is 22.4 Å². The van der Waals surface area contributed by atoms with Gasteiger partial charge in [0, 0.05) is 18.3 Å². The zero-order chi connectivity index (χ0) is 19.7. The first kappa shape index (κ1) is 20.5. The van der Waals surface area contributed by atoms with Crippen LogP contribution in [-0.4, -0.2) is 40.7 Å². The molecule has 150 valence electrons. The minimum atomic E-state index is -3.44. The monoisotopic (exact) mass is 410 g/mol. The standard InChI is InChI=1S/C20H30O5SSi/c1-4-27(5-2,6-3)25-19-13-18-16(12-20(21)24-18)17(19)14-26(22,23)15-10-8-7-9-11-15/h7-11,16-19H,4-6,12-14H2,1-3H3/t16-,17-,18+,19-/m1/s1. The van der Waals surface area contributed by atoms with Crippen LogP contribution in [0.4, 0.5) is 0 Å². The number of benzene rings is 1. The van der Waals surface area contributed by atoms with Gasteiger partial charge in [0.15, 0.2) is 18.2 Å². The highest BCUT2D eigenvalue weighted by Gasteiger charge is 2.53. The van der Waals surface area contributed by atoms with E-state index in [9.17, 15) is 13.2 Å². The summed E-state index contributed by atoms with van der Waals surface area (Å²) in [6, 6.07) is 11.6. The first-order valence-corrected chi connectivity index (χ1v) is 14.2. The van der Waals surface area contributed by atoms with Crippen LogP contribution in [0.3, 0.4) is 0 Å². The van der Waals surface area contributed by atoms with Gasteiger partial charge in [-0.15, -0.1) is 0 Å². The van der Waals surface area contributed by atoms with Gasteiger partial charge >= 0.3 is 5.97 Å². The van der Waals surface area contributed by atoms with Crippen LogP contribution in [0, 0.1) is 11.8 Å². The predicted molar refractivity (Wildman–Crippen MR) is 107 cm³/mol. The molecular weight excluding hydrogens is 380 g/mol. The second-order valence-electron chi connectivity index (χ2n) is 7.79. The molecule has 1 saturated heterocycles. The van der Waals surface area contributed by atoms with Gasteiger partial charge in [0.05, 0.1) is 23.2 Å². The van der Waals surface area contributed by atoms with Crippen LogP contribution in [0.5, 0.6) is 0 Å². The van der Waals surface area contributed by atoms with E-state index >= 15 is 0 Å². The molecule has 4 atom stereocenters. The molecule has 2 aliphatic rings. The lowest BCUT2D eigenvalue weighted by Crippen LogP contribution is -2.43. The van der Waals surface area contributed by atoms with Crippen LogP contribution >= 0.6 is 0 Å². The molecule has 0 spiro atoms. The third kappa shape index (κ3) is 4.15. The van der Waals surface area contributed by atoms with Crippen molar-refractivity contribution in [3.05, 3.63) is 30.3 Å². The number of ether oxygens (including phenoxy) is 1. The fourth-order valence-electron chi connectivity index (χ4n) is 4.62. The third-order valence-electron chi connectivity index (χ3n) is 6.50. The van der Waals surface area contributed by atoms with Gasteiger partial charge in [0.2, 0.25) is 0 Å². The molecule has 3 rings (SSSR count). The number of sulfone groups is 1. The summed E-state index contributed by atoms with van der Waals surface area (Å²) in [4.78, 5) is 12.1. The van der Waals surface area contributed by atoms with Crippen molar-refractivity contribution in [3.8, 4) is 0 Å². The normalized spacial score (nSPS) is 28.2. The summed E-state index contributed by atoms with van der Waals surface area (Å²) >= 11 is 0. The SMILES string of the molecule is CC[Si](CC)(CC)O[C@@H]1C[C@@H]2OC(=O)C[C@@H]2[C@H]1CS(=O)(=O)c1ccccc1. The van der Waals surface area contributed by atoms with Crippen LogP contribution in [0.25, 0.3) is 0 Å². The number of carbonyl (C=O) groups is 1. The quantitative estimate of drug-likeness (QED) is 0.481. The molecular formula is C20H30O5SSi. The lowest BCUT2D eigenvalue weighted by molar-refractivity contribution is -0.141. The molecule has 1 aliphatic carbocycles. The molecule has 0 N–H and O–H groups in total. The zero-order valence-electron chi connectivity index (χ0n) is 16.4. The minimum Gasteiger partial charge on any atom is -0.462 e. The molecule has 5 nitrogen and oxygen atoms in total. The highest BCUT2D eigenvalue weighted by Crippen LogP contribution is 2.45. The number of esters is 1. The van der Waals surface area contributed by atoms with Gasteiger partial charge in [0.25, 0.3) is 0 Å². The first-order chi connectivity index (χ1) is 12.8. The van der Waals surface area contributed by atoms with Crippen LogP contribution in [0.15, 0.2) is 35.2 Å². The van der Waals surface area contributed by atoms with E-state index in [1.807, 2.05) is 6.07 Å². The predicted octanol–water partition coefficient (Wildman–Crippen LogP) is 3.80. The summed E-state index contributed by atoms with van der Waals surface area (Å²) in [6.07, 6.45) is 0.590. The molecule has 0 aromatic heterocycles. The third-order valence-corrected chi connectivity index (χ3v) is 13.0. The van der Waals surface area contributed by atoms with Crippen LogP contribution in [-0.2, 0) is 23.8 Å². The number of fused-ring (bicyclic) bond motifs is 1. The Morgan fingerprint density at radius 2 is 1.74 bits per heavy atom. The van der Waals surface area contributed by atoms with Gasteiger partial charge < -0.3 is 9.16 Å². The highest BCUT2D eigenvalue weighted by atomic mass is 32.2. The summed E-state index contributed by atoms with van der Waals surface area (Å²) in [5.74, 6) is -0.446. The van der Waals surface area contributed by atoms with E-state index < -0.39 is 18.2 Å². The summed E-state index contributed by atoms with van der Waals surface area (Å²) in [6.45, 7) is 6.51. The number of carbonyl (C=O) groups excluding carboxylic acids is 1. The van der Waals surface area contributed by atoms with Gasteiger partial charge in [0.1, 0.15) is 6.10 Å². The van der Waals surface area contributed by atoms with Crippen LogP contribution in [0.1, 0.15) is 33.6 Å². The average molecular weight is 411 g/mol. The average Bonchev–Trinajstić information content (AvgIpc) is 3.17. The number of hydrogen-bond donors (Lipinski definition) is 0. The Morgan fingerprint density at radius 3 is 2.33 bits per heavy atom. The Bertz CT molecular complexity index is 752. The number of rotatable bonds is 8. The topological polar surface area (TPSA) is 69.7 Å². The molecule has 1 aromatic carbocycles. The Kier molecular flexibility index (Phi) is 6.13. The molecule has 1 aromatic rings. The van der Waals surface area contributed by atoms with E-state index in [2.05, 4.69) is 20.8 Å². The highest BCUT2D eigenvalue weighted by molar-refractivity contribution is 7.91. The van der Waals surface area contributed by atoms with Gasteiger partial charge in [-0.3, -0.25) is 4.79 Å². The fourth-order valence-corrected chi connectivity index (χ4v) is 9.27. The zero-order valence-corrected chi connectivity index (χ0v) is 18.2. The molecule has 0 bridgehead atoms. The van der Waals surface area contributed by atoms with Crippen molar-refractivity contribution >= 4 is 24.1 Å². The van der Waals surface area contributed by atoms with Crippen molar-refractivity contribution in [2.24, 2.45) is 11.8 Å². The second kappa shape index (κ2) is 8.05. The lowest BCUT2D eigenvalue weighted by atomic mass is 9.94. The van der Waals surface area contributed by atoms with Crippen molar-refractivity contribution in [2.75, 3.05) is 5.75 Å². The van der Waals surface area contributed by atoms with Gasteiger partial charge in [-0.05, 0) is 30.3 Å². The molecule has 0 unspecified atom stereocenters. The largest absolute Gasteiger partial charge is 0.462 e. The van der Waals surface area contributed by atoms with Crippen molar-refractivity contribution in [1.29, 1.82) is 0 Å². The van der Waals surface area contributed by atoms with E-state index in [0.29, 0.717) is 17.7 Å². The Labute approximate surface area is 163 Å². The molecule has 2 fully saturated rings. The summed E-state index contributed by atoms with van der Waals surface area (Å²) < 4.78 is 38.2. The summed E-state index contributed by atoms with van der Waals surface area (Å²) in [5, 5.41) is 0. The van der Waals surface area contributed by atoms with E-state index in [-0.39, 0.29) is 35.8 Å². The van der Waals surface area contributed by atoms with Crippen LogP contribution in [0.2, 0.25) is 18.1 Å².